The van der Waals surface area contributed by atoms with Crippen molar-refractivity contribution < 1.29 is 21.9 Å². The highest BCUT2D eigenvalue weighted by atomic mass is 32.2. The molecular formula is C17H11F2N5O3S2. The molecule has 0 saturated carbocycles. The van der Waals surface area contributed by atoms with E-state index in [9.17, 15) is 12.8 Å². The molecule has 4 aromatic rings. The van der Waals surface area contributed by atoms with E-state index in [1.807, 2.05) is 0 Å². The summed E-state index contributed by atoms with van der Waals surface area (Å²) in [5.74, 6) is -2.69. The summed E-state index contributed by atoms with van der Waals surface area (Å²) < 4.78 is 66.8. The van der Waals surface area contributed by atoms with Gasteiger partial charge >= 0.3 is 0 Å². The predicted octanol–water partition coefficient (Wildman–Crippen LogP) is 3.80. The maximum Gasteiger partial charge on any atom is 0.266 e. The van der Waals surface area contributed by atoms with Crippen LogP contribution in [0.4, 0.5) is 13.9 Å². The molecule has 2 aromatic heterocycles. The Balaban J connectivity index is 1.88. The first-order chi connectivity index (χ1) is 14.0. The number of nitrogens with zero attached hydrogens (tertiary/aromatic N) is 3. The summed E-state index contributed by atoms with van der Waals surface area (Å²) in [5, 5.41) is 6.16. The van der Waals surface area contributed by atoms with E-state index in [1.165, 1.54) is 24.4 Å². The van der Waals surface area contributed by atoms with Crippen LogP contribution in [0.25, 0.3) is 11.3 Å². The molecule has 2 heterocycles. The van der Waals surface area contributed by atoms with Crippen LogP contribution in [0.3, 0.4) is 0 Å². The molecule has 0 atom stereocenters. The molecule has 0 amide bonds. The number of sulfonamides is 1. The molecule has 2 aromatic carbocycles. The number of rotatable bonds is 6. The lowest BCUT2D eigenvalue weighted by molar-refractivity contribution is 0.428. The zero-order valence-electron chi connectivity index (χ0n) is 14.3. The molecule has 0 aliphatic heterocycles. The van der Waals surface area contributed by atoms with Gasteiger partial charge in [0.15, 0.2) is 11.6 Å². The molecule has 4 rings (SSSR count). The highest BCUT2D eigenvalue weighted by Gasteiger charge is 2.30. The molecule has 0 spiro atoms. The van der Waals surface area contributed by atoms with Gasteiger partial charge in [-0.1, -0.05) is 18.2 Å². The molecule has 0 aliphatic rings. The summed E-state index contributed by atoms with van der Waals surface area (Å²) in [6.45, 7) is 0. The Bertz CT molecular complexity index is 1230. The van der Waals surface area contributed by atoms with Crippen molar-refractivity contribution in [3.8, 4) is 22.8 Å². The predicted molar refractivity (Wildman–Crippen MR) is 101 cm³/mol. The second-order valence-corrected chi connectivity index (χ2v) is 8.04. The van der Waals surface area contributed by atoms with Gasteiger partial charge in [0.25, 0.3) is 10.0 Å². The van der Waals surface area contributed by atoms with Crippen molar-refractivity contribution in [2.24, 2.45) is 0 Å². The molecule has 8 nitrogen and oxygen atoms in total. The first-order valence-electron chi connectivity index (χ1n) is 8.00. The van der Waals surface area contributed by atoms with E-state index < -0.39 is 32.3 Å². The quantitative estimate of drug-likeness (QED) is 0.477. The Morgan fingerprint density at radius 2 is 1.93 bits per heavy atom. The van der Waals surface area contributed by atoms with Gasteiger partial charge in [-0.05, 0) is 24.3 Å². The van der Waals surface area contributed by atoms with Gasteiger partial charge in [0, 0.05) is 17.7 Å². The van der Waals surface area contributed by atoms with Crippen molar-refractivity contribution in [3.63, 3.8) is 0 Å². The fraction of sp³-hybridized carbons (Fsp3) is 0. The van der Waals surface area contributed by atoms with E-state index in [4.69, 9.17) is 4.74 Å². The first-order valence-corrected chi connectivity index (χ1v) is 10.3. The van der Waals surface area contributed by atoms with Crippen LogP contribution in [0.5, 0.6) is 11.5 Å². The smallest absolute Gasteiger partial charge is 0.266 e. The third-order valence-corrected chi connectivity index (χ3v) is 5.79. The lowest BCUT2D eigenvalue weighted by Gasteiger charge is -2.15. The molecule has 2 N–H and O–H groups in total. The highest BCUT2D eigenvalue weighted by Crippen LogP contribution is 2.40. The van der Waals surface area contributed by atoms with Crippen molar-refractivity contribution >= 4 is 26.7 Å². The van der Waals surface area contributed by atoms with Gasteiger partial charge in [0.1, 0.15) is 22.8 Å². The Kier molecular flexibility index (Phi) is 4.94. The third kappa shape index (κ3) is 3.79. The van der Waals surface area contributed by atoms with Crippen LogP contribution in [0.2, 0.25) is 0 Å². The first kappa shape index (κ1) is 19.0. The number of benzene rings is 2. The summed E-state index contributed by atoms with van der Waals surface area (Å²) in [4.78, 5) is 2.75. The Hall–Kier alpha value is -3.38. The van der Waals surface area contributed by atoms with E-state index in [1.54, 1.807) is 18.2 Å². The summed E-state index contributed by atoms with van der Waals surface area (Å²) >= 11 is 0.750. The minimum Gasteiger partial charge on any atom is -0.453 e. The number of nitrogens with one attached hydrogen (secondary N) is 2. The number of para-hydroxylation sites is 1. The van der Waals surface area contributed by atoms with Crippen LogP contribution in [-0.2, 0) is 10.0 Å². The van der Waals surface area contributed by atoms with E-state index >= 15 is 4.39 Å². The van der Waals surface area contributed by atoms with Crippen molar-refractivity contribution in [3.05, 3.63) is 66.6 Å². The van der Waals surface area contributed by atoms with Crippen LogP contribution in [0.1, 0.15) is 0 Å². The minimum absolute atomic E-state index is 0.0898. The SMILES string of the molecule is O=S(=O)(Nc1ncns1)c1cc(F)c(-c2ccn[nH]2)c(Oc2ccccc2)c1F. The summed E-state index contributed by atoms with van der Waals surface area (Å²) in [7, 11) is -4.50. The number of hydrogen-bond donors (Lipinski definition) is 2. The molecule has 29 heavy (non-hydrogen) atoms. The standard InChI is InChI=1S/C17H11F2N5O3S2/c18-11-8-13(29(25,26)24-17-20-9-22-28-17)15(19)16(14(11)12-6-7-21-23-12)27-10-4-2-1-3-5-10/h1-9H,(H,21,23)(H,20,22,24). The Morgan fingerprint density at radius 3 is 2.59 bits per heavy atom. The second-order valence-electron chi connectivity index (χ2n) is 5.61. The molecule has 0 fully saturated rings. The third-order valence-electron chi connectivity index (χ3n) is 3.75. The molecule has 0 radical (unpaired) electrons. The Labute approximate surface area is 167 Å². The van der Waals surface area contributed by atoms with Crippen molar-refractivity contribution in [1.82, 2.24) is 19.6 Å². The lowest BCUT2D eigenvalue weighted by atomic mass is 10.1. The fourth-order valence-corrected chi connectivity index (χ4v) is 4.26. The molecule has 0 aliphatic carbocycles. The number of anilines is 1. The van der Waals surface area contributed by atoms with Crippen LogP contribution < -0.4 is 9.46 Å². The van der Waals surface area contributed by atoms with Crippen molar-refractivity contribution in [1.29, 1.82) is 0 Å². The van der Waals surface area contributed by atoms with Gasteiger partial charge in [-0.2, -0.15) is 9.47 Å². The maximum absolute atomic E-state index is 15.3. The Morgan fingerprint density at radius 1 is 1.14 bits per heavy atom. The normalized spacial score (nSPS) is 11.4. The monoisotopic (exact) mass is 435 g/mol. The summed E-state index contributed by atoms with van der Waals surface area (Å²) in [6, 6.07) is 10.0. The number of halogens is 2. The maximum atomic E-state index is 15.3. The molecule has 12 heteroatoms. The number of H-pyrrole nitrogens is 1. The largest absolute Gasteiger partial charge is 0.453 e. The molecule has 0 bridgehead atoms. The van der Waals surface area contributed by atoms with Crippen LogP contribution in [0.15, 0.2) is 59.9 Å². The number of aromatic nitrogens is 4. The van der Waals surface area contributed by atoms with Crippen LogP contribution >= 0.6 is 11.5 Å². The van der Waals surface area contributed by atoms with Gasteiger partial charge in [-0.25, -0.2) is 22.2 Å². The van der Waals surface area contributed by atoms with Gasteiger partial charge in [-0.3, -0.25) is 9.82 Å². The minimum atomic E-state index is -4.50. The highest BCUT2D eigenvalue weighted by molar-refractivity contribution is 7.93. The average molecular weight is 435 g/mol. The number of ether oxygens (including phenoxy) is 1. The van der Waals surface area contributed by atoms with E-state index in [0.29, 0.717) is 6.07 Å². The van der Waals surface area contributed by atoms with Gasteiger partial charge in [0.05, 0.1) is 11.3 Å². The zero-order valence-corrected chi connectivity index (χ0v) is 16.0. The van der Waals surface area contributed by atoms with E-state index in [0.717, 1.165) is 17.9 Å². The van der Waals surface area contributed by atoms with Crippen molar-refractivity contribution in [2.45, 2.75) is 4.90 Å². The van der Waals surface area contributed by atoms with Gasteiger partial charge in [-0.15, -0.1) is 0 Å². The zero-order chi connectivity index (χ0) is 20.4. The number of hydrogen-bond acceptors (Lipinski definition) is 7. The molecule has 148 valence electrons. The van der Waals surface area contributed by atoms with E-state index in [2.05, 4.69) is 24.3 Å². The van der Waals surface area contributed by atoms with Crippen LogP contribution in [-0.4, -0.2) is 28.0 Å². The summed E-state index contributed by atoms with van der Waals surface area (Å²) in [6.07, 6.45) is 2.48. The van der Waals surface area contributed by atoms with E-state index in [-0.39, 0.29) is 22.1 Å². The second kappa shape index (κ2) is 7.56. The molecule has 0 unspecified atom stereocenters. The van der Waals surface area contributed by atoms with Crippen LogP contribution in [0, 0.1) is 11.6 Å². The van der Waals surface area contributed by atoms with Crippen molar-refractivity contribution in [2.75, 3.05) is 4.72 Å². The average Bonchev–Trinajstić information content (AvgIpc) is 3.39. The molecule has 0 saturated heterocycles. The van der Waals surface area contributed by atoms with Gasteiger partial charge < -0.3 is 4.74 Å². The fourth-order valence-electron chi connectivity index (χ4n) is 2.51. The topological polar surface area (TPSA) is 110 Å². The molecular weight excluding hydrogens is 424 g/mol. The summed E-state index contributed by atoms with van der Waals surface area (Å²) in [5.41, 5.74) is -0.174. The lowest BCUT2D eigenvalue weighted by Crippen LogP contribution is -2.16. The number of aromatic amines is 1. The van der Waals surface area contributed by atoms with Gasteiger partial charge in [0.2, 0.25) is 5.13 Å².